The molecule has 0 unspecified atom stereocenters. The summed E-state index contributed by atoms with van der Waals surface area (Å²) in [7, 11) is 2.55. The SMILES string of the molecule is COC(=O)N[C@H](C(=O)N1CCC[C@H]1c1ncc(-c2cc(F)c3c(c2)O[C@@H](c2cnc(C4CC4)s2)n2c-3cc3cc(-c4cnc([C@@H]5CCCN5C(=O)[C@@H](NC(=O)OC)C(C)C)[nH]4)ccc32)[nH]1)C(C)C. The van der Waals surface area contributed by atoms with Crippen molar-refractivity contribution < 1.29 is 37.8 Å². The van der Waals surface area contributed by atoms with Gasteiger partial charge in [-0.1, -0.05) is 33.8 Å². The average Bonchev–Trinajstić information content (AvgIpc) is 4.05. The molecule has 4 amide bonds. The number of nitrogens with one attached hydrogen (secondary N) is 4. The fourth-order valence-corrected chi connectivity index (χ4v) is 11.0. The van der Waals surface area contributed by atoms with Crippen LogP contribution in [0.1, 0.15) is 112 Å². The number of benzene rings is 2. The predicted octanol–water partition coefficient (Wildman–Crippen LogP) is 8.59. The molecule has 7 heterocycles. The molecule has 68 heavy (non-hydrogen) atoms. The van der Waals surface area contributed by atoms with E-state index in [-0.39, 0.29) is 35.7 Å². The molecule has 1 saturated carbocycles. The van der Waals surface area contributed by atoms with Gasteiger partial charge in [0.1, 0.15) is 35.3 Å². The largest absolute Gasteiger partial charge is 0.464 e. The zero-order valence-corrected chi connectivity index (χ0v) is 39.6. The van der Waals surface area contributed by atoms with Crippen LogP contribution in [0, 0.1) is 17.7 Å². The number of hydrogen-bond donors (Lipinski definition) is 4. The molecule has 4 aromatic heterocycles. The van der Waals surface area contributed by atoms with Crippen molar-refractivity contribution in [1.29, 1.82) is 0 Å². The minimum absolute atomic E-state index is 0.153. The Balaban J connectivity index is 0.963. The molecule has 19 heteroatoms. The molecule has 0 radical (unpaired) electrons. The maximum atomic E-state index is 16.9. The maximum Gasteiger partial charge on any atom is 0.407 e. The minimum Gasteiger partial charge on any atom is -0.464 e. The lowest BCUT2D eigenvalue weighted by molar-refractivity contribution is -0.136. The van der Waals surface area contributed by atoms with Crippen molar-refractivity contribution in [2.75, 3.05) is 27.3 Å². The summed E-state index contributed by atoms with van der Waals surface area (Å²) in [5, 5.41) is 7.33. The number of hydrogen-bond acceptors (Lipinski definition) is 11. The topological polar surface area (TPSA) is 202 Å². The van der Waals surface area contributed by atoms with Crippen LogP contribution in [0.3, 0.4) is 0 Å². The van der Waals surface area contributed by atoms with Gasteiger partial charge in [0.25, 0.3) is 0 Å². The van der Waals surface area contributed by atoms with Gasteiger partial charge in [-0.15, -0.1) is 11.3 Å². The summed E-state index contributed by atoms with van der Waals surface area (Å²) in [5.74, 6) is 0.851. The van der Waals surface area contributed by atoms with Crippen LogP contribution >= 0.6 is 11.3 Å². The Morgan fingerprint density at radius 3 is 1.91 bits per heavy atom. The number of thiazole rings is 1. The third kappa shape index (κ3) is 8.23. The van der Waals surface area contributed by atoms with Crippen LogP contribution in [0.15, 0.2) is 55.0 Å². The molecule has 1 aliphatic carbocycles. The van der Waals surface area contributed by atoms with E-state index in [2.05, 4.69) is 20.6 Å². The van der Waals surface area contributed by atoms with E-state index in [4.69, 9.17) is 29.2 Å². The van der Waals surface area contributed by atoms with Gasteiger partial charge in [-0.25, -0.2) is 28.9 Å². The molecule has 3 aliphatic heterocycles. The number of fused-ring (bicyclic) bond motifs is 5. The van der Waals surface area contributed by atoms with Crippen molar-refractivity contribution in [3.63, 3.8) is 0 Å². The molecule has 0 spiro atoms. The number of aromatic nitrogens is 6. The van der Waals surface area contributed by atoms with Crippen LogP contribution < -0.4 is 15.4 Å². The molecule has 2 aromatic carbocycles. The first-order valence-corrected chi connectivity index (χ1v) is 24.1. The summed E-state index contributed by atoms with van der Waals surface area (Å²) in [6, 6.07) is 9.21. The van der Waals surface area contributed by atoms with Crippen LogP contribution in [0.5, 0.6) is 5.75 Å². The molecule has 6 aromatic rings. The Labute approximate surface area is 396 Å². The van der Waals surface area contributed by atoms with Gasteiger partial charge in [-0.2, -0.15) is 0 Å². The zero-order valence-electron chi connectivity index (χ0n) is 38.8. The molecule has 3 fully saturated rings. The smallest absolute Gasteiger partial charge is 0.407 e. The zero-order chi connectivity index (χ0) is 47.5. The highest BCUT2D eigenvalue weighted by Crippen LogP contribution is 2.50. The fourth-order valence-electron chi connectivity index (χ4n) is 9.91. The van der Waals surface area contributed by atoms with Gasteiger partial charge in [0, 0.05) is 41.7 Å². The van der Waals surface area contributed by atoms with Crippen LogP contribution in [0.25, 0.3) is 44.7 Å². The predicted molar refractivity (Wildman–Crippen MR) is 251 cm³/mol. The van der Waals surface area contributed by atoms with E-state index in [1.54, 1.807) is 33.5 Å². The lowest BCUT2D eigenvalue weighted by atomic mass is 10.0. The Hall–Kier alpha value is -6.76. The van der Waals surface area contributed by atoms with Gasteiger partial charge < -0.3 is 44.6 Å². The molecule has 10 rings (SSSR count). The number of ether oxygens (including phenoxy) is 3. The molecule has 0 bridgehead atoms. The number of likely N-dealkylation sites (tertiary alicyclic amines) is 2. The molecular weight excluding hydrogens is 892 g/mol. The molecule has 5 atom stereocenters. The lowest BCUT2D eigenvalue weighted by Gasteiger charge is -2.30. The fraction of sp³-hybridized carbons (Fsp3) is 0.449. The number of rotatable bonds is 12. The van der Waals surface area contributed by atoms with Crippen LogP contribution in [0.2, 0.25) is 0 Å². The van der Waals surface area contributed by atoms with Gasteiger partial charge in [-0.05, 0) is 80.7 Å². The van der Waals surface area contributed by atoms with E-state index < -0.39 is 36.3 Å². The molecule has 4 aliphatic rings. The molecular formula is C49H55FN10O7S. The van der Waals surface area contributed by atoms with Crippen molar-refractivity contribution in [2.45, 2.75) is 103 Å². The van der Waals surface area contributed by atoms with E-state index >= 15 is 4.39 Å². The number of nitrogens with zero attached hydrogens (tertiary/aromatic N) is 6. The second kappa shape index (κ2) is 18.0. The van der Waals surface area contributed by atoms with Crippen molar-refractivity contribution in [3.05, 3.63) is 82.3 Å². The molecule has 356 valence electrons. The van der Waals surface area contributed by atoms with Crippen LogP contribution in [-0.2, 0) is 19.1 Å². The Morgan fingerprint density at radius 2 is 1.35 bits per heavy atom. The van der Waals surface area contributed by atoms with Crippen molar-refractivity contribution in [2.24, 2.45) is 11.8 Å². The van der Waals surface area contributed by atoms with E-state index in [1.165, 1.54) is 20.3 Å². The number of methoxy groups -OCH3 is 2. The maximum absolute atomic E-state index is 16.9. The number of carbonyl (C=O) groups excluding carboxylic acids is 4. The van der Waals surface area contributed by atoms with Crippen molar-refractivity contribution >= 4 is 46.2 Å². The second-order valence-electron chi connectivity index (χ2n) is 18.8. The first kappa shape index (κ1) is 45.0. The number of aromatic amines is 2. The Morgan fingerprint density at radius 1 is 0.765 bits per heavy atom. The highest BCUT2D eigenvalue weighted by Gasteiger charge is 2.40. The van der Waals surface area contributed by atoms with E-state index in [9.17, 15) is 19.2 Å². The summed E-state index contributed by atoms with van der Waals surface area (Å²) in [4.78, 5) is 77.4. The third-order valence-corrected chi connectivity index (χ3v) is 14.8. The first-order valence-electron chi connectivity index (χ1n) is 23.3. The standard InChI is InChI=1S/C49H55FN10O7S/c1-24(2)40(56-48(63)65-5)45(61)58-15-7-9-34(58)42-51-21-31(54-42)27-13-14-33-29(17-27)19-36-39-30(50)18-28(20-37(39)67-47(60(33)36)38-23-53-44(68-38)26-11-12-26)32-22-52-43(55-32)35-10-8-16-59(35)46(62)41(25(3)4)57-49(64)66-6/h13-14,17-26,34-35,40-41,47H,7-12,15-16H2,1-6H3,(H,51,54)(H,52,55)(H,56,63)(H,57,64)/t34-,35-,40-,41-,47-/m0/s1. The Kier molecular flexibility index (Phi) is 12.0. The van der Waals surface area contributed by atoms with Gasteiger partial charge in [-0.3, -0.25) is 14.2 Å². The van der Waals surface area contributed by atoms with Crippen molar-refractivity contribution in [1.82, 2.24) is 49.9 Å². The van der Waals surface area contributed by atoms with E-state index in [1.807, 2.05) is 68.8 Å². The van der Waals surface area contributed by atoms with Gasteiger partial charge in [0.2, 0.25) is 18.0 Å². The molecule has 2 saturated heterocycles. The number of alkyl carbamates (subject to hydrolysis) is 2. The number of imidazole rings is 2. The summed E-state index contributed by atoms with van der Waals surface area (Å²) >= 11 is 1.62. The minimum atomic E-state index is -0.772. The highest BCUT2D eigenvalue weighted by molar-refractivity contribution is 7.11. The van der Waals surface area contributed by atoms with E-state index in [0.717, 1.165) is 64.1 Å². The Bertz CT molecular complexity index is 2920. The average molecular weight is 947 g/mol. The van der Waals surface area contributed by atoms with Crippen molar-refractivity contribution in [3.8, 4) is 39.5 Å². The second-order valence-corrected chi connectivity index (χ2v) is 19.9. The molecule has 17 nitrogen and oxygen atoms in total. The number of amides is 4. The van der Waals surface area contributed by atoms with Crippen LogP contribution in [-0.4, -0.2) is 103 Å². The van der Waals surface area contributed by atoms with Gasteiger partial charge >= 0.3 is 12.2 Å². The van der Waals surface area contributed by atoms with E-state index in [0.29, 0.717) is 65.3 Å². The van der Waals surface area contributed by atoms with Gasteiger partial charge in [0.15, 0.2) is 0 Å². The molecule has 4 N–H and O–H groups in total. The first-order chi connectivity index (χ1) is 32.8. The van der Waals surface area contributed by atoms with Crippen LogP contribution in [0.4, 0.5) is 14.0 Å². The van der Waals surface area contributed by atoms with Gasteiger partial charge in [0.05, 0.1) is 76.7 Å². The quantitative estimate of drug-likeness (QED) is 0.0921. The lowest BCUT2D eigenvalue weighted by Crippen LogP contribution is -2.51. The summed E-state index contributed by atoms with van der Waals surface area (Å²) in [6.07, 6.45) is 8.51. The normalized spacial score (nSPS) is 19.8. The monoisotopic (exact) mass is 946 g/mol. The highest BCUT2D eigenvalue weighted by atomic mass is 32.1. The summed E-state index contributed by atoms with van der Waals surface area (Å²) in [6.45, 7) is 8.56. The number of carbonyl (C=O) groups is 4. The summed E-state index contributed by atoms with van der Waals surface area (Å²) in [5.41, 5.74) is 4.57. The number of H-pyrrole nitrogens is 2. The third-order valence-electron chi connectivity index (χ3n) is 13.6. The summed E-state index contributed by atoms with van der Waals surface area (Å²) < 4.78 is 35.4. The number of halogens is 1.